The molecule has 0 aromatic heterocycles. The number of nitrogens with one attached hydrogen (secondary N) is 1. The lowest BCUT2D eigenvalue weighted by Gasteiger charge is -2.09. The maximum absolute atomic E-state index is 11.2. The molecule has 1 aromatic rings. The zero-order valence-electron chi connectivity index (χ0n) is 8.27. The number of rotatable bonds is 3. The molecule has 0 saturated heterocycles. The Morgan fingerprint density at radius 1 is 1.40 bits per heavy atom. The molecule has 0 radical (unpaired) electrons. The van der Waals surface area contributed by atoms with Crippen LogP contribution in [0.5, 0.6) is 0 Å². The summed E-state index contributed by atoms with van der Waals surface area (Å²) in [5.41, 5.74) is 3.20. The minimum absolute atomic E-state index is 0.263. The summed E-state index contributed by atoms with van der Waals surface area (Å²) in [5, 5.41) is 0. The van der Waals surface area contributed by atoms with Gasteiger partial charge in [0.15, 0.2) is 9.84 Å². The van der Waals surface area contributed by atoms with Gasteiger partial charge in [0.1, 0.15) is 6.04 Å². The molecule has 0 aliphatic heterocycles. The van der Waals surface area contributed by atoms with Crippen molar-refractivity contribution in [2.75, 3.05) is 6.26 Å². The van der Waals surface area contributed by atoms with E-state index >= 15 is 0 Å². The molecule has 80 valence electrons. The number of hydrogen-bond acceptors (Lipinski definition) is 4. The number of nitrogens with two attached hydrogens (primary N) is 1. The van der Waals surface area contributed by atoms with Crippen molar-refractivity contribution in [2.45, 2.75) is 10.9 Å². The van der Waals surface area contributed by atoms with Crippen LogP contribution < -0.4 is 11.3 Å². The van der Waals surface area contributed by atoms with Gasteiger partial charge in [-0.2, -0.15) is 0 Å². The Bertz CT molecular complexity index is 471. The van der Waals surface area contributed by atoms with E-state index < -0.39 is 15.9 Å². The monoisotopic (exact) mass is 224 g/mol. The van der Waals surface area contributed by atoms with Gasteiger partial charge in [-0.1, -0.05) is 18.1 Å². The zero-order valence-corrected chi connectivity index (χ0v) is 9.08. The molecule has 0 spiro atoms. The van der Waals surface area contributed by atoms with Gasteiger partial charge in [0.2, 0.25) is 0 Å². The van der Waals surface area contributed by atoms with Crippen LogP contribution in [0.4, 0.5) is 0 Å². The third-order valence-corrected chi connectivity index (χ3v) is 3.10. The summed E-state index contributed by atoms with van der Waals surface area (Å²) in [5.74, 6) is 7.67. The van der Waals surface area contributed by atoms with Crippen LogP contribution in [-0.4, -0.2) is 14.7 Å². The summed E-state index contributed by atoms with van der Waals surface area (Å²) in [4.78, 5) is 0.263. The maximum atomic E-state index is 11.2. The van der Waals surface area contributed by atoms with E-state index in [-0.39, 0.29) is 4.90 Å². The maximum Gasteiger partial charge on any atom is 0.175 e. The third kappa shape index (κ3) is 2.80. The van der Waals surface area contributed by atoms with E-state index in [1.807, 2.05) is 0 Å². The fourth-order valence-corrected chi connectivity index (χ4v) is 1.78. The Morgan fingerprint density at radius 2 is 1.93 bits per heavy atom. The molecule has 3 N–H and O–H groups in total. The third-order valence-electron chi connectivity index (χ3n) is 1.97. The summed E-state index contributed by atoms with van der Waals surface area (Å²) in [7, 11) is -3.16. The van der Waals surface area contributed by atoms with Crippen LogP contribution in [0.1, 0.15) is 11.6 Å². The minimum Gasteiger partial charge on any atom is -0.270 e. The van der Waals surface area contributed by atoms with Gasteiger partial charge < -0.3 is 0 Å². The van der Waals surface area contributed by atoms with E-state index in [0.29, 0.717) is 0 Å². The first-order valence-electron chi connectivity index (χ1n) is 4.21. The van der Waals surface area contributed by atoms with Crippen molar-refractivity contribution in [1.29, 1.82) is 0 Å². The standard InChI is InChI=1S/C10H12N2O2S/c1-3-10(12-11)8-4-6-9(7-5-8)15(2,13)14/h1,4-7,10,12H,11H2,2H3. The molecule has 1 unspecified atom stereocenters. The Morgan fingerprint density at radius 3 is 2.27 bits per heavy atom. The van der Waals surface area contributed by atoms with Gasteiger partial charge in [0, 0.05) is 6.26 Å². The summed E-state index contributed by atoms with van der Waals surface area (Å²) in [6, 6.07) is 5.89. The number of hydrogen-bond donors (Lipinski definition) is 2. The molecule has 1 aromatic carbocycles. The Labute approximate surface area is 89.4 Å². The van der Waals surface area contributed by atoms with Gasteiger partial charge in [-0.25, -0.2) is 13.8 Å². The lowest BCUT2D eigenvalue weighted by molar-refractivity contribution is 0.601. The molecule has 0 aliphatic rings. The van der Waals surface area contributed by atoms with Crippen LogP contribution >= 0.6 is 0 Å². The summed E-state index contributed by atoms with van der Waals surface area (Å²) in [6.07, 6.45) is 6.38. The van der Waals surface area contributed by atoms with E-state index in [1.165, 1.54) is 12.1 Å². The van der Waals surface area contributed by atoms with E-state index in [4.69, 9.17) is 12.3 Å². The highest BCUT2D eigenvalue weighted by molar-refractivity contribution is 7.90. The second kappa shape index (κ2) is 4.45. The van der Waals surface area contributed by atoms with Gasteiger partial charge in [-0.15, -0.1) is 6.42 Å². The van der Waals surface area contributed by atoms with E-state index in [1.54, 1.807) is 12.1 Å². The van der Waals surface area contributed by atoms with Crippen molar-refractivity contribution >= 4 is 9.84 Å². The summed E-state index contributed by atoms with van der Waals surface area (Å²) >= 11 is 0. The van der Waals surface area contributed by atoms with Gasteiger partial charge >= 0.3 is 0 Å². The van der Waals surface area contributed by atoms with E-state index in [9.17, 15) is 8.42 Å². The van der Waals surface area contributed by atoms with Crippen LogP contribution in [0.25, 0.3) is 0 Å². The average Bonchev–Trinajstić information content (AvgIpc) is 2.19. The number of sulfone groups is 1. The fourth-order valence-electron chi connectivity index (χ4n) is 1.15. The smallest absolute Gasteiger partial charge is 0.175 e. The SMILES string of the molecule is C#CC(NN)c1ccc(S(C)(=O)=O)cc1. The van der Waals surface area contributed by atoms with E-state index in [2.05, 4.69) is 11.3 Å². The average molecular weight is 224 g/mol. The number of hydrazine groups is 1. The highest BCUT2D eigenvalue weighted by atomic mass is 32.2. The topological polar surface area (TPSA) is 72.2 Å². The fraction of sp³-hybridized carbons (Fsp3) is 0.200. The molecule has 0 fully saturated rings. The zero-order chi connectivity index (χ0) is 11.5. The predicted octanol–water partition coefficient (Wildman–Crippen LogP) is 0.228. The van der Waals surface area contributed by atoms with Crippen molar-refractivity contribution in [1.82, 2.24) is 5.43 Å². The van der Waals surface area contributed by atoms with Crippen LogP contribution in [0, 0.1) is 12.3 Å². The lowest BCUT2D eigenvalue weighted by Crippen LogP contribution is -2.26. The quantitative estimate of drug-likeness (QED) is 0.438. The molecule has 0 aliphatic carbocycles. The first-order valence-corrected chi connectivity index (χ1v) is 6.10. The Balaban J connectivity index is 3.06. The molecule has 4 nitrogen and oxygen atoms in total. The van der Waals surface area contributed by atoms with Crippen molar-refractivity contribution in [3.8, 4) is 12.3 Å². The van der Waals surface area contributed by atoms with Crippen LogP contribution in [0.3, 0.4) is 0 Å². The largest absolute Gasteiger partial charge is 0.270 e. The Kier molecular flexibility index (Phi) is 3.48. The van der Waals surface area contributed by atoms with Crippen molar-refractivity contribution in [3.63, 3.8) is 0 Å². The number of benzene rings is 1. The van der Waals surface area contributed by atoms with Gasteiger partial charge in [0.25, 0.3) is 0 Å². The second-order valence-electron chi connectivity index (χ2n) is 3.11. The van der Waals surface area contributed by atoms with Gasteiger partial charge in [-0.05, 0) is 17.7 Å². The highest BCUT2D eigenvalue weighted by Crippen LogP contribution is 2.15. The molecule has 0 heterocycles. The van der Waals surface area contributed by atoms with Gasteiger partial charge in [0.05, 0.1) is 4.90 Å². The molecule has 1 atom stereocenters. The van der Waals surface area contributed by atoms with Gasteiger partial charge in [-0.3, -0.25) is 5.84 Å². The molecule has 0 amide bonds. The minimum atomic E-state index is -3.16. The number of terminal acetylenes is 1. The first kappa shape index (κ1) is 11.7. The van der Waals surface area contributed by atoms with Crippen LogP contribution in [-0.2, 0) is 9.84 Å². The molecule has 5 heteroatoms. The van der Waals surface area contributed by atoms with Crippen LogP contribution in [0.15, 0.2) is 29.2 Å². The first-order chi connectivity index (χ1) is 6.99. The molecular weight excluding hydrogens is 212 g/mol. The molecule has 0 saturated carbocycles. The van der Waals surface area contributed by atoms with Crippen molar-refractivity contribution in [2.24, 2.45) is 5.84 Å². The molecule has 1 rings (SSSR count). The molecular formula is C10H12N2O2S. The van der Waals surface area contributed by atoms with Crippen molar-refractivity contribution in [3.05, 3.63) is 29.8 Å². The normalized spacial score (nSPS) is 13.1. The highest BCUT2D eigenvalue weighted by Gasteiger charge is 2.09. The second-order valence-corrected chi connectivity index (χ2v) is 5.12. The van der Waals surface area contributed by atoms with Crippen LogP contribution in [0.2, 0.25) is 0 Å². The Hall–Kier alpha value is -1.35. The summed E-state index contributed by atoms with van der Waals surface area (Å²) < 4.78 is 22.3. The van der Waals surface area contributed by atoms with E-state index in [0.717, 1.165) is 11.8 Å². The molecule has 15 heavy (non-hydrogen) atoms. The predicted molar refractivity (Wildman–Crippen MR) is 58.4 cm³/mol. The van der Waals surface area contributed by atoms with Crippen molar-refractivity contribution < 1.29 is 8.42 Å². The lowest BCUT2D eigenvalue weighted by atomic mass is 10.1. The molecule has 0 bridgehead atoms. The summed E-state index contributed by atoms with van der Waals surface area (Å²) in [6.45, 7) is 0.